The number of nitrogens with two attached hydrogens (primary N) is 1. The molecule has 0 aliphatic heterocycles. The van der Waals surface area contributed by atoms with Crippen molar-refractivity contribution in [3.05, 3.63) is 4.73 Å². The van der Waals surface area contributed by atoms with Crippen molar-refractivity contribution in [1.82, 2.24) is 35.0 Å². The predicted octanol–water partition coefficient (Wildman–Crippen LogP) is -0.865. The van der Waals surface area contributed by atoms with Crippen LogP contribution in [0.15, 0.2) is 4.73 Å². The fourth-order valence-corrected chi connectivity index (χ4v) is 1.26. The summed E-state index contributed by atoms with van der Waals surface area (Å²) in [4.78, 5) is 3.85. The average Bonchev–Trinajstić information content (AvgIpc) is 2.58. The number of aromatic nitrogens is 7. The third kappa shape index (κ3) is 1.26. The van der Waals surface area contributed by atoms with Gasteiger partial charge in [0.05, 0.1) is 0 Å². The SMILES string of the molecule is Cn1nnnc1-n1nc(N)nc1Br. The van der Waals surface area contributed by atoms with E-state index in [9.17, 15) is 0 Å². The molecule has 0 aromatic carbocycles. The second-order valence-electron chi connectivity index (χ2n) is 2.25. The molecule has 0 aliphatic rings. The Kier molecular flexibility index (Phi) is 1.72. The van der Waals surface area contributed by atoms with Gasteiger partial charge in [-0.05, 0) is 26.4 Å². The lowest BCUT2D eigenvalue weighted by Gasteiger charge is -1.96. The molecule has 0 spiro atoms. The van der Waals surface area contributed by atoms with E-state index in [1.165, 1.54) is 9.36 Å². The smallest absolute Gasteiger partial charge is 0.272 e. The molecule has 0 unspecified atom stereocenters. The number of halogens is 1. The van der Waals surface area contributed by atoms with Crippen molar-refractivity contribution in [3.63, 3.8) is 0 Å². The summed E-state index contributed by atoms with van der Waals surface area (Å²) in [7, 11) is 1.69. The van der Waals surface area contributed by atoms with E-state index in [2.05, 4.69) is 41.5 Å². The number of tetrazole rings is 1. The summed E-state index contributed by atoms with van der Waals surface area (Å²) in [6.07, 6.45) is 0. The molecule has 0 radical (unpaired) electrons. The summed E-state index contributed by atoms with van der Waals surface area (Å²) in [5, 5.41) is 14.7. The van der Waals surface area contributed by atoms with Crippen LogP contribution in [0.1, 0.15) is 0 Å². The maximum atomic E-state index is 5.38. The maximum absolute atomic E-state index is 5.38. The van der Waals surface area contributed by atoms with Gasteiger partial charge >= 0.3 is 0 Å². The van der Waals surface area contributed by atoms with Crippen LogP contribution in [0.5, 0.6) is 0 Å². The molecule has 68 valence electrons. The van der Waals surface area contributed by atoms with Crippen LogP contribution in [-0.4, -0.2) is 35.0 Å². The van der Waals surface area contributed by atoms with Crippen molar-refractivity contribution in [2.45, 2.75) is 0 Å². The monoisotopic (exact) mass is 244 g/mol. The van der Waals surface area contributed by atoms with Crippen LogP contribution < -0.4 is 5.73 Å². The molecule has 0 bridgehead atoms. The van der Waals surface area contributed by atoms with Gasteiger partial charge in [-0.15, -0.1) is 5.10 Å². The zero-order chi connectivity index (χ0) is 9.42. The Labute approximate surface area is 80.9 Å². The molecule has 2 aromatic rings. The molecule has 0 aliphatic carbocycles. The highest BCUT2D eigenvalue weighted by Crippen LogP contribution is 2.11. The largest absolute Gasteiger partial charge is 0.366 e. The summed E-state index contributed by atoms with van der Waals surface area (Å²) >= 11 is 3.17. The lowest BCUT2D eigenvalue weighted by Crippen LogP contribution is -2.06. The first-order valence-electron chi connectivity index (χ1n) is 3.29. The first-order valence-corrected chi connectivity index (χ1v) is 4.08. The van der Waals surface area contributed by atoms with Crippen molar-refractivity contribution >= 4 is 21.9 Å². The van der Waals surface area contributed by atoms with E-state index in [4.69, 9.17) is 5.73 Å². The molecule has 0 saturated carbocycles. The maximum Gasteiger partial charge on any atom is 0.272 e. The van der Waals surface area contributed by atoms with E-state index in [1.807, 2.05) is 0 Å². The fraction of sp³-hybridized carbons (Fsp3) is 0.250. The van der Waals surface area contributed by atoms with Gasteiger partial charge in [0, 0.05) is 7.05 Å². The lowest BCUT2D eigenvalue weighted by atomic mass is 10.9. The topological polar surface area (TPSA) is 100 Å². The number of aryl methyl sites for hydroxylation is 1. The van der Waals surface area contributed by atoms with Gasteiger partial charge in [0.15, 0.2) is 0 Å². The van der Waals surface area contributed by atoms with E-state index >= 15 is 0 Å². The second kappa shape index (κ2) is 2.76. The van der Waals surface area contributed by atoms with Crippen LogP contribution in [0.3, 0.4) is 0 Å². The number of nitrogens with zero attached hydrogens (tertiary/aromatic N) is 7. The molecule has 2 N–H and O–H groups in total. The van der Waals surface area contributed by atoms with Crippen LogP contribution in [-0.2, 0) is 7.05 Å². The molecule has 13 heavy (non-hydrogen) atoms. The summed E-state index contributed by atoms with van der Waals surface area (Å²) in [5.41, 5.74) is 5.38. The Balaban J connectivity index is 2.58. The minimum atomic E-state index is 0.162. The molecular formula is C4H5BrN8. The van der Waals surface area contributed by atoms with Crippen molar-refractivity contribution < 1.29 is 0 Å². The number of hydrogen-bond donors (Lipinski definition) is 1. The van der Waals surface area contributed by atoms with Crippen LogP contribution in [0.4, 0.5) is 5.95 Å². The Hall–Kier alpha value is -1.51. The van der Waals surface area contributed by atoms with Crippen molar-refractivity contribution in [3.8, 4) is 5.95 Å². The van der Waals surface area contributed by atoms with Gasteiger partial charge in [0.1, 0.15) is 0 Å². The van der Waals surface area contributed by atoms with Crippen molar-refractivity contribution in [1.29, 1.82) is 0 Å². The first kappa shape index (κ1) is 8.10. The van der Waals surface area contributed by atoms with E-state index < -0.39 is 0 Å². The number of nitrogen functional groups attached to an aromatic ring is 1. The number of anilines is 1. The predicted molar refractivity (Wildman–Crippen MR) is 45.8 cm³/mol. The molecular weight excluding hydrogens is 240 g/mol. The van der Waals surface area contributed by atoms with E-state index in [1.54, 1.807) is 7.05 Å². The summed E-state index contributed by atoms with van der Waals surface area (Å²) in [6.45, 7) is 0. The summed E-state index contributed by atoms with van der Waals surface area (Å²) in [6, 6.07) is 0. The molecule has 0 amide bonds. The molecule has 9 heteroatoms. The van der Waals surface area contributed by atoms with E-state index in [-0.39, 0.29) is 5.95 Å². The van der Waals surface area contributed by atoms with Crippen LogP contribution in [0.25, 0.3) is 5.95 Å². The highest BCUT2D eigenvalue weighted by atomic mass is 79.9. The van der Waals surface area contributed by atoms with Gasteiger partial charge < -0.3 is 5.73 Å². The van der Waals surface area contributed by atoms with Crippen molar-refractivity contribution in [2.75, 3.05) is 5.73 Å². The normalized spacial score (nSPS) is 10.6. The minimum Gasteiger partial charge on any atom is -0.366 e. The molecule has 0 saturated heterocycles. The third-order valence-electron chi connectivity index (χ3n) is 1.37. The molecule has 8 nitrogen and oxygen atoms in total. The Bertz CT molecular complexity index is 429. The van der Waals surface area contributed by atoms with E-state index in [0.29, 0.717) is 10.7 Å². The van der Waals surface area contributed by atoms with Gasteiger partial charge in [-0.25, -0.2) is 4.68 Å². The molecule has 2 rings (SSSR count). The quantitative estimate of drug-likeness (QED) is 0.701. The molecule has 2 heterocycles. The highest BCUT2D eigenvalue weighted by molar-refractivity contribution is 9.10. The molecule has 0 atom stereocenters. The third-order valence-corrected chi connectivity index (χ3v) is 1.88. The summed E-state index contributed by atoms with van der Waals surface area (Å²) in [5.74, 6) is 0.603. The Morgan fingerprint density at radius 2 is 2.23 bits per heavy atom. The van der Waals surface area contributed by atoms with E-state index in [0.717, 1.165) is 0 Å². The standard InChI is InChI=1S/C4H5BrN8/c1-12-4(8-10-11-12)13-2(5)7-3(6)9-13/h1H3,(H2,6,9). The minimum absolute atomic E-state index is 0.162. The summed E-state index contributed by atoms with van der Waals surface area (Å²) < 4.78 is 3.32. The second-order valence-corrected chi connectivity index (χ2v) is 2.96. The van der Waals surface area contributed by atoms with Gasteiger partial charge in [0.2, 0.25) is 10.7 Å². The molecule has 0 fully saturated rings. The van der Waals surface area contributed by atoms with Gasteiger partial charge in [-0.2, -0.15) is 9.67 Å². The van der Waals surface area contributed by atoms with Gasteiger partial charge in [-0.1, -0.05) is 5.10 Å². The highest BCUT2D eigenvalue weighted by Gasteiger charge is 2.11. The van der Waals surface area contributed by atoms with Crippen molar-refractivity contribution in [2.24, 2.45) is 7.05 Å². The number of rotatable bonds is 1. The van der Waals surface area contributed by atoms with Crippen LogP contribution in [0.2, 0.25) is 0 Å². The Morgan fingerprint density at radius 1 is 1.46 bits per heavy atom. The fourth-order valence-electron chi connectivity index (χ4n) is 0.839. The van der Waals surface area contributed by atoms with Gasteiger partial charge in [0.25, 0.3) is 5.95 Å². The first-order chi connectivity index (χ1) is 6.18. The van der Waals surface area contributed by atoms with Crippen LogP contribution >= 0.6 is 15.9 Å². The van der Waals surface area contributed by atoms with Gasteiger partial charge in [-0.3, -0.25) is 0 Å². The lowest BCUT2D eigenvalue weighted by molar-refractivity contribution is 0.667. The zero-order valence-corrected chi connectivity index (χ0v) is 8.17. The average molecular weight is 245 g/mol. The van der Waals surface area contributed by atoms with Crippen LogP contribution in [0, 0.1) is 0 Å². The number of hydrogen-bond acceptors (Lipinski definition) is 6. The Morgan fingerprint density at radius 3 is 2.69 bits per heavy atom. The molecule has 2 aromatic heterocycles. The zero-order valence-electron chi connectivity index (χ0n) is 6.59.